The zero-order valence-electron chi connectivity index (χ0n) is 49.6. The van der Waals surface area contributed by atoms with Crippen molar-refractivity contribution >= 4 is 25.7 Å². The Bertz CT molecular complexity index is 1680. The van der Waals surface area contributed by atoms with Crippen LogP contribution in [0.25, 0.3) is 0 Å². The number of ether oxygens (including phenoxy) is 3. The molecule has 0 aromatic heterocycles. The van der Waals surface area contributed by atoms with Crippen molar-refractivity contribution in [3.8, 4) is 0 Å². The smallest absolute Gasteiger partial charge is 0.462 e. The monoisotopic (exact) mass is 1110 g/mol. The minimum Gasteiger partial charge on any atom is -0.462 e. The van der Waals surface area contributed by atoms with E-state index >= 15 is 0 Å². The molecule has 78 heavy (non-hydrogen) atoms. The zero-order valence-corrected chi connectivity index (χ0v) is 50.5. The number of phosphoric ester groups is 1. The van der Waals surface area contributed by atoms with Crippen molar-refractivity contribution in [3.63, 3.8) is 0 Å². The largest absolute Gasteiger partial charge is 0.472 e. The molecule has 448 valence electrons. The van der Waals surface area contributed by atoms with E-state index in [0.717, 1.165) is 116 Å². The Hall–Kier alpha value is -3.60. The van der Waals surface area contributed by atoms with Gasteiger partial charge in [0.05, 0.1) is 19.8 Å². The summed E-state index contributed by atoms with van der Waals surface area (Å²) in [7, 11) is -4.77. The molecule has 0 bridgehead atoms. The topological polar surface area (TPSA) is 155 Å². The Kier molecular flexibility index (Phi) is 56.8. The number of aliphatic hydroxyl groups excluding tert-OH is 1. The Morgan fingerprint density at radius 3 is 1.06 bits per heavy atom. The molecule has 0 aliphatic carbocycles. The highest BCUT2D eigenvalue weighted by molar-refractivity contribution is 7.47. The standard InChI is InChI=1S/C66H113O11P/c1-4-7-10-13-16-19-22-25-28-30-31-33-35-37-40-43-46-49-52-55-64(68)73-59-63(77-66(70)57-54-51-48-45-42-39-36-32-29-26-23-20-17-14-11-8-5-2)61-75-78(71,72)74-60-62(58-67)76-65(69)56-53-50-47-44-41-38-34-27-24-21-18-15-12-9-6-3/h8-9,11-12,17-18,20-21,25-29,34,41,44,62-63,67H,4-7,10,13-16,19,22-24,30-33,35-40,42-43,45-61H2,1-3H3,(H,71,72)/b11-8-,12-9-,20-17-,21-18-,28-25-,29-26-,34-27-,44-41-. The van der Waals surface area contributed by atoms with Crippen molar-refractivity contribution in [2.45, 2.75) is 277 Å². The normalized spacial score (nSPS) is 14.0. The third-order valence-corrected chi connectivity index (χ3v) is 13.9. The van der Waals surface area contributed by atoms with Gasteiger partial charge in [0.2, 0.25) is 0 Å². The molecule has 0 aliphatic rings. The number of rotatable bonds is 57. The molecule has 0 aromatic rings. The first-order valence-electron chi connectivity index (χ1n) is 31.1. The predicted molar refractivity (Wildman–Crippen MR) is 325 cm³/mol. The third kappa shape index (κ3) is 57.1. The summed E-state index contributed by atoms with van der Waals surface area (Å²) >= 11 is 0. The molecule has 0 rings (SSSR count). The van der Waals surface area contributed by atoms with Gasteiger partial charge in [0.15, 0.2) is 6.10 Å². The zero-order chi connectivity index (χ0) is 56.9. The predicted octanol–water partition coefficient (Wildman–Crippen LogP) is 18.8. The van der Waals surface area contributed by atoms with Gasteiger partial charge in [-0.1, -0.05) is 227 Å². The van der Waals surface area contributed by atoms with Crippen LogP contribution in [0.1, 0.15) is 265 Å². The average molecular weight is 1110 g/mol. The van der Waals surface area contributed by atoms with Crippen molar-refractivity contribution < 1.29 is 52.2 Å². The summed E-state index contributed by atoms with van der Waals surface area (Å²) in [5.41, 5.74) is 0. The Morgan fingerprint density at radius 1 is 0.372 bits per heavy atom. The van der Waals surface area contributed by atoms with Gasteiger partial charge in [-0.2, -0.15) is 0 Å². The van der Waals surface area contributed by atoms with Crippen LogP contribution < -0.4 is 0 Å². The lowest BCUT2D eigenvalue weighted by atomic mass is 10.1. The lowest BCUT2D eigenvalue weighted by Gasteiger charge is -2.21. The molecular weight excluding hydrogens is 1000 g/mol. The van der Waals surface area contributed by atoms with Crippen molar-refractivity contribution in [2.24, 2.45) is 0 Å². The molecule has 0 aromatic carbocycles. The second kappa shape index (κ2) is 59.5. The molecule has 11 nitrogen and oxygen atoms in total. The van der Waals surface area contributed by atoms with Crippen LogP contribution in [0, 0.1) is 0 Å². The summed E-state index contributed by atoms with van der Waals surface area (Å²) in [6, 6.07) is 0. The number of carbonyl (C=O) groups excluding carboxylic acids is 3. The molecule has 0 spiro atoms. The summed E-state index contributed by atoms with van der Waals surface area (Å²) in [6.45, 7) is 4.38. The van der Waals surface area contributed by atoms with Gasteiger partial charge in [0.1, 0.15) is 12.7 Å². The second-order valence-electron chi connectivity index (χ2n) is 20.5. The maximum Gasteiger partial charge on any atom is 0.472 e. The van der Waals surface area contributed by atoms with Crippen molar-refractivity contribution in [1.82, 2.24) is 0 Å². The molecule has 0 heterocycles. The minimum atomic E-state index is -4.77. The number of carbonyl (C=O) groups is 3. The number of unbranched alkanes of at least 4 members (excludes halogenated alkanes) is 24. The van der Waals surface area contributed by atoms with Crippen LogP contribution in [0.3, 0.4) is 0 Å². The number of aliphatic hydroxyl groups is 1. The summed E-state index contributed by atoms with van der Waals surface area (Å²) in [4.78, 5) is 48.7. The Balaban J connectivity index is 4.76. The number of esters is 3. The van der Waals surface area contributed by atoms with Gasteiger partial charge >= 0.3 is 25.7 Å². The van der Waals surface area contributed by atoms with E-state index in [1.54, 1.807) is 0 Å². The van der Waals surface area contributed by atoms with Gasteiger partial charge in [-0.25, -0.2) is 4.57 Å². The van der Waals surface area contributed by atoms with E-state index in [4.69, 9.17) is 23.3 Å². The minimum absolute atomic E-state index is 0.121. The van der Waals surface area contributed by atoms with Crippen LogP contribution in [0.5, 0.6) is 0 Å². The lowest BCUT2D eigenvalue weighted by molar-refractivity contribution is -0.161. The fraction of sp³-hybridized carbons (Fsp3) is 0.712. The number of allylic oxidation sites excluding steroid dienone is 16. The Morgan fingerprint density at radius 2 is 0.667 bits per heavy atom. The molecule has 12 heteroatoms. The molecule has 0 saturated carbocycles. The van der Waals surface area contributed by atoms with Crippen LogP contribution in [0.2, 0.25) is 0 Å². The summed E-state index contributed by atoms with van der Waals surface area (Å²) in [6.07, 6.45) is 70.8. The highest BCUT2D eigenvalue weighted by Gasteiger charge is 2.28. The lowest BCUT2D eigenvalue weighted by Crippen LogP contribution is -2.30. The second-order valence-corrected chi connectivity index (χ2v) is 21.9. The number of hydrogen-bond acceptors (Lipinski definition) is 10. The van der Waals surface area contributed by atoms with Crippen LogP contribution >= 0.6 is 7.82 Å². The van der Waals surface area contributed by atoms with Crippen LogP contribution in [-0.4, -0.2) is 66.5 Å². The molecule has 0 radical (unpaired) electrons. The fourth-order valence-corrected chi connectivity index (χ4v) is 9.08. The average Bonchev–Trinajstić information content (AvgIpc) is 3.43. The molecular formula is C66H113O11P. The van der Waals surface area contributed by atoms with E-state index in [2.05, 4.69) is 118 Å². The van der Waals surface area contributed by atoms with Crippen LogP contribution in [0.15, 0.2) is 97.2 Å². The van der Waals surface area contributed by atoms with E-state index in [-0.39, 0.29) is 25.9 Å². The van der Waals surface area contributed by atoms with Gasteiger partial charge in [0.25, 0.3) is 0 Å². The van der Waals surface area contributed by atoms with E-state index in [1.807, 2.05) is 0 Å². The number of hydrogen-bond donors (Lipinski definition) is 2. The molecule has 0 fully saturated rings. The van der Waals surface area contributed by atoms with E-state index in [9.17, 15) is 28.9 Å². The first kappa shape index (κ1) is 74.4. The SMILES string of the molecule is CC/C=C\C/C=C\C/C=C\C/C=C\CCCCC(=O)OC(CO)COP(=O)(O)OCC(COC(=O)CCCCCCCCCCC/C=C\CCCCCCCC)OC(=O)CCCCCCCCC/C=C\C/C=C\C/C=C\CC. The van der Waals surface area contributed by atoms with Crippen molar-refractivity contribution in [3.05, 3.63) is 97.2 Å². The van der Waals surface area contributed by atoms with Gasteiger partial charge < -0.3 is 24.2 Å². The van der Waals surface area contributed by atoms with Crippen LogP contribution in [-0.2, 0) is 42.2 Å². The highest BCUT2D eigenvalue weighted by Crippen LogP contribution is 2.43. The van der Waals surface area contributed by atoms with Gasteiger partial charge in [-0.3, -0.25) is 23.4 Å². The molecule has 3 unspecified atom stereocenters. The molecule has 0 amide bonds. The van der Waals surface area contributed by atoms with E-state index in [0.29, 0.717) is 19.3 Å². The van der Waals surface area contributed by atoms with E-state index < -0.39 is 57.8 Å². The fourth-order valence-electron chi connectivity index (χ4n) is 8.30. The molecule has 0 aliphatic heterocycles. The maximum atomic E-state index is 12.9. The van der Waals surface area contributed by atoms with Crippen molar-refractivity contribution in [2.75, 3.05) is 26.4 Å². The quantitative estimate of drug-likeness (QED) is 0.0197. The van der Waals surface area contributed by atoms with Crippen molar-refractivity contribution in [1.29, 1.82) is 0 Å². The maximum absolute atomic E-state index is 12.9. The summed E-state index contributed by atoms with van der Waals surface area (Å²) in [5.74, 6) is -1.52. The van der Waals surface area contributed by atoms with Crippen LogP contribution in [0.4, 0.5) is 0 Å². The summed E-state index contributed by atoms with van der Waals surface area (Å²) < 4.78 is 39.6. The highest BCUT2D eigenvalue weighted by atomic mass is 31.2. The van der Waals surface area contributed by atoms with Gasteiger partial charge in [0, 0.05) is 19.3 Å². The van der Waals surface area contributed by atoms with Gasteiger partial charge in [-0.15, -0.1) is 0 Å². The third-order valence-electron chi connectivity index (χ3n) is 13.0. The first-order chi connectivity index (χ1) is 38.2. The Labute approximate surface area is 476 Å². The summed E-state index contributed by atoms with van der Waals surface area (Å²) in [5, 5.41) is 9.83. The first-order valence-corrected chi connectivity index (χ1v) is 32.6. The molecule has 0 saturated heterocycles. The molecule has 2 N–H and O–H groups in total. The number of phosphoric acid groups is 1. The van der Waals surface area contributed by atoms with E-state index in [1.165, 1.54) is 89.9 Å². The molecule has 3 atom stereocenters. The van der Waals surface area contributed by atoms with Gasteiger partial charge in [-0.05, 0) is 116 Å².